The molecule has 0 saturated carbocycles. The fourth-order valence-electron chi connectivity index (χ4n) is 9.53. The second kappa shape index (κ2) is 16.7. The monoisotopic (exact) mass is 858 g/mol. The summed E-state index contributed by atoms with van der Waals surface area (Å²) >= 11 is 0. The van der Waals surface area contributed by atoms with Gasteiger partial charge in [-0.05, 0) is 124 Å². The normalized spacial score (nSPS) is 12.5. The molecule has 2 heterocycles. The van der Waals surface area contributed by atoms with Crippen LogP contribution in [0, 0.1) is 13.8 Å². The smallest absolute Gasteiger partial charge is 0.147 e. The Kier molecular flexibility index (Phi) is 10.6. The van der Waals surface area contributed by atoms with Crippen LogP contribution in [0.25, 0.3) is 77.2 Å². The highest BCUT2D eigenvalue weighted by Gasteiger charge is 2.24. The number of nitrogens with zero attached hydrogens (tertiary/aromatic N) is 2. The second-order valence-corrected chi connectivity index (χ2v) is 16.9. The molecule has 65 heavy (non-hydrogen) atoms. The largest absolute Gasteiger partial charge is 0.505 e. The van der Waals surface area contributed by atoms with Crippen molar-refractivity contribution < 1.29 is 29.2 Å². The van der Waals surface area contributed by atoms with Crippen molar-refractivity contribution in [2.45, 2.75) is 46.3 Å². The number of hydrogen-bond donors (Lipinski definition) is 2. The summed E-state index contributed by atoms with van der Waals surface area (Å²) in [5.74, 6) is 2.76. The number of hydrogen-bond acceptors (Lipinski definition) is 6. The molecule has 0 spiro atoms. The van der Waals surface area contributed by atoms with Crippen LogP contribution >= 0.6 is 0 Å². The van der Waals surface area contributed by atoms with E-state index in [4.69, 9.17) is 18.9 Å². The van der Waals surface area contributed by atoms with Crippen molar-refractivity contribution in [2.75, 3.05) is 14.2 Å². The van der Waals surface area contributed by atoms with Crippen LogP contribution in [-0.2, 0) is 0 Å². The quantitative estimate of drug-likeness (QED) is 0.127. The van der Waals surface area contributed by atoms with E-state index in [9.17, 15) is 10.2 Å². The summed E-state index contributed by atoms with van der Waals surface area (Å²) in [5.41, 5.74) is 10.0. The lowest BCUT2D eigenvalue weighted by atomic mass is 9.99. The van der Waals surface area contributed by atoms with Crippen molar-refractivity contribution in [3.8, 4) is 68.1 Å². The first-order chi connectivity index (χ1) is 31.6. The molecule has 0 saturated heterocycles. The second-order valence-electron chi connectivity index (χ2n) is 16.9. The van der Waals surface area contributed by atoms with E-state index >= 15 is 0 Å². The third-order valence-electron chi connectivity index (χ3n) is 12.4. The van der Waals surface area contributed by atoms with Gasteiger partial charge in [0.25, 0.3) is 0 Å². The summed E-state index contributed by atoms with van der Waals surface area (Å²) < 4.78 is 29.2. The molecule has 0 aliphatic rings. The number of phenols is 2. The third kappa shape index (κ3) is 7.31. The lowest BCUT2D eigenvalue weighted by molar-refractivity contribution is 0.131. The first-order valence-corrected chi connectivity index (χ1v) is 22.0. The van der Waals surface area contributed by atoms with Crippen LogP contribution in [0.4, 0.5) is 0 Å². The zero-order valence-electron chi connectivity index (χ0n) is 37.3. The van der Waals surface area contributed by atoms with E-state index < -0.39 is 0 Å². The number of fused-ring (bicyclic) bond motifs is 6. The Hall–Kier alpha value is -7.84. The van der Waals surface area contributed by atoms with Crippen LogP contribution < -0.4 is 18.9 Å². The van der Waals surface area contributed by atoms with E-state index in [1.807, 2.05) is 137 Å². The van der Waals surface area contributed by atoms with Crippen molar-refractivity contribution >= 4 is 43.6 Å². The summed E-state index contributed by atoms with van der Waals surface area (Å²) in [7, 11) is 3.27. The molecule has 0 radical (unpaired) electrons. The molecular weight excluding hydrogens is 809 g/mol. The van der Waals surface area contributed by atoms with Gasteiger partial charge in [-0.2, -0.15) is 0 Å². The topological polar surface area (TPSA) is 87.2 Å². The summed E-state index contributed by atoms with van der Waals surface area (Å²) in [5, 5.41) is 29.0. The highest BCUT2D eigenvalue weighted by molar-refractivity contribution is 6.10. The lowest BCUT2D eigenvalue weighted by Crippen LogP contribution is -2.23. The average Bonchev–Trinajstić information content (AvgIpc) is 3.83. The van der Waals surface area contributed by atoms with E-state index in [1.54, 1.807) is 14.2 Å². The molecule has 0 amide bonds. The van der Waals surface area contributed by atoms with Crippen molar-refractivity contribution in [2.24, 2.45) is 0 Å². The molecule has 8 nitrogen and oxygen atoms in total. The van der Waals surface area contributed by atoms with E-state index in [0.29, 0.717) is 63.0 Å². The van der Waals surface area contributed by atoms with Gasteiger partial charge in [-0.15, -0.1) is 0 Å². The van der Waals surface area contributed by atoms with Crippen LogP contribution in [0.15, 0.2) is 158 Å². The van der Waals surface area contributed by atoms with Gasteiger partial charge in [-0.25, -0.2) is 0 Å². The molecule has 8 heteroatoms. The molecule has 0 aliphatic heterocycles. The van der Waals surface area contributed by atoms with Crippen LogP contribution in [0.1, 0.15) is 31.4 Å². The zero-order chi connectivity index (χ0) is 44.9. The van der Waals surface area contributed by atoms with E-state index in [1.165, 1.54) is 0 Å². The zero-order valence-corrected chi connectivity index (χ0v) is 37.3. The standard InChI is InChI=1S/C57H50N2O6/c1-34-27-46(56(60)52(29-34)58-48-19-11-7-15-40(48)41-16-8-12-20-49(41)58)44-32-38(62-5)23-25-54(44)64-36(3)31-37(4)65-55-26-24-39(63-6)33-45(55)47-28-35(2)30-53(57(47)61)59-50-21-13-9-17-42(50)43-18-10-14-22-51(43)59/h7-30,32-33,36-37,60-61H,31H2,1-6H3. The predicted molar refractivity (Wildman–Crippen MR) is 263 cm³/mol. The summed E-state index contributed by atoms with van der Waals surface area (Å²) in [4.78, 5) is 0. The Morgan fingerprint density at radius 3 is 1.11 bits per heavy atom. The molecule has 2 N–H and O–H groups in total. The maximum Gasteiger partial charge on any atom is 0.147 e. The van der Waals surface area contributed by atoms with Gasteiger partial charge in [0.05, 0.1) is 59.9 Å². The Morgan fingerprint density at radius 2 is 0.769 bits per heavy atom. The van der Waals surface area contributed by atoms with Gasteiger partial charge in [0, 0.05) is 50.2 Å². The van der Waals surface area contributed by atoms with Crippen LogP contribution in [0.3, 0.4) is 0 Å². The first-order valence-electron chi connectivity index (χ1n) is 22.0. The minimum Gasteiger partial charge on any atom is -0.505 e. The molecular formula is C57H50N2O6. The maximum absolute atomic E-state index is 12.3. The molecule has 324 valence electrons. The van der Waals surface area contributed by atoms with Crippen LogP contribution in [-0.4, -0.2) is 45.8 Å². The molecule has 0 fully saturated rings. The number of benzene rings is 8. The molecule has 8 aromatic carbocycles. The number of aromatic nitrogens is 2. The summed E-state index contributed by atoms with van der Waals surface area (Å²) in [6, 6.07) is 52.5. The fraction of sp³-hybridized carbons (Fsp3) is 0.158. The van der Waals surface area contributed by atoms with Gasteiger partial charge in [-0.3, -0.25) is 0 Å². The van der Waals surface area contributed by atoms with E-state index in [-0.39, 0.29) is 23.7 Å². The third-order valence-corrected chi connectivity index (χ3v) is 12.4. The number of ether oxygens (including phenoxy) is 4. The fourth-order valence-corrected chi connectivity index (χ4v) is 9.53. The molecule has 10 rings (SSSR count). The van der Waals surface area contributed by atoms with Gasteiger partial charge in [0.1, 0.15) is 34.5 Å². The minimum absolute atomic E-state index is 0.136. The van der Waals surface area contributed by atoms with Gasteiger partial charge in [-0.1, -0.05) is 72.8 Å². The number of methoxy groups -OCH3 is 2. The highest BCUT2D eigenvalue weighted by Crippen LogP contribution is 2.46. The van der Waals surface area contributed by atoms with Gasteiger partial charge >= 0.3 is 0 Å². The Bertz CT molecular complexity index is 3100. The van der Waals surface area contributed by atoms with Gasteiger partial charge < -0.3 is 38.3 Å². The number of para-hydroxylation sites is 4. The SMILES string of the molecule is COc1ccc(OC(C)CC(C)Oc2ccc(OC)cc2-c2cc(C)cc(-n3c4ccccc4c4ccccc43)c2O)c(-c2cc(C)cc(-n3c4ccccc4c4ccccc43)c2O)c1. The first kappa shape index (κ1) is 41.2. The van der Waals surface area contributed by atoms with Crippen LogP contribution in [0.2, 0.25) is 0 Å². The van der Waals surface area contributed by atoms with Crippen molar-refractivity contribution in [3.63, 3.8) is 0 Å². The van der Waals surface area contributed by atoms with Crippen molar-refractivity contribution in [1.82, 2.24) is 9.13 Å². The Balaban J connectivity index is 0.970. The highest BCUT2D eigenvalue weighted by atomic mass is 16.5. The molecule has 0 aliphatic carbocycles. The van der Waals surface area contributed by atoms with Crippen LogP contribution in [0.5, 0.6) is 34.5 Å². The number of aromatic hydroxyl groups is 2. The Morgan fingerprint density at radius 1 is 0.431 bits per heavy atom. The van der Waals surface area contributed by atoms with Crippen molar-refractivity contribution in [3.05, 3.63) is 169 Å². The minimum atomic E-state index is -0.308. The molecule has 0 bridgehead atoms. The van der Waals surface area contributed by atoms with Gasteiger partial charge in [0.2, 0.25) is 0 Å². The van der Waals surface area contributed by atoms with E-state index in [2.05, 4.69) is 57.7 Å². The maximum atomic E-state index is 12.3. The predicted octanol–water partition coefficient (Wildman–Crippen LogP) is 13.9. The molecule has 10 aromatic rings. The molecule has 2 unspecified atom stereocenters. The number of phenolic OH excluding ortho intramolecular Hbond substituents is 2. The summed E-state index contributed by atoms with van der Waals surface area (Å²) in [6.07, 6.45) is -0.0933. The van der Waals surface area contributed by atoms with Crippen molar-refractivity contribution in [1.29, 1.82) is 0 Å². The Labute approximate surface area is 378 Å². The summed E-state index contributed by atoms with van der Waals surface area (Å²) in [6.45, 7) is 8.12. The van der Waals surface area contributed by atoms with E-state index in [0.717, 1.165) is 54.7 Å². The number of aryl methyl sites for hydroxylation is 2. The van der Waals surface area contributed by atoms with Gasteiger partial charge in [0.15, 0.2) is 0 Å². The lowest BCUT2D eigenvalue weighted by Gasteiger charge is -2.24. The average molecular weight is 859 g/mol. The molecule has 2 atom stereocenters. The molecule has 2 aromatic heterocycles. The number of rotatable bonds is 12.